The van der Waals surface area contributed by atoms with Gasteiger partial charge in [0.15, 0.2) is 0 Å². The van der Waals surface area contributed by atoms with Crippen molar-refractivity contribution in [2.45, 2.75) is 6.04 Å². The van der Waals surface area contributed by atoms with Crippen LogP contribution in [0, 0.1) is 0 Å². The molecule has 0 spiro atoms. The van der Waals surface area contributed by atoms with Crippen LogP contribution in [0.25, 0.3) is 0 Å². The Bertz CT molecular complexity index is 284. The third kappa shape index (κ3) is 1.62. The van der Waals surface area contributed by atoms with Gasteiger partial charge in [-0.1, -0.05) is 54.3 Å². The zero-order chi connectivity index (χ0) is 8.39. The average Bonchev–Trinajstić information content (AvgIpc) is 2.54. The highest BCUT2D eigenvalue weighted by Crippen LogP contribution is 2.25. The van der Waals surface area contributed by atoms with Crippen molar-refractivity contribution < 1.29 is 0 Å². The Morgan fingerprint density at radius 1 is 1.33 bits per heavy atom. The van der Waals surface area contributed by atoms with E-state index >= 15 is 0 Å². The molecule has 1 heterocycles. The summed E-state index contributed by atoms with van der Waals surface area (Å²) in [6.45, 7) is 0. The van der Waals surface area contributed by atoms with Gasteiger partial charge in [0.1, 0.15) is 4.32 Å². The summed E-state index contributed by atoms with van der Waals surface area (Å²) >= 11 is 6.77. The van der Waals surface area contributed by atoms with Gasteiger partial charge in [-0.15, -0.1) is 0 Å². The molecule has 12 heavy (non-hydrogen) atoms. The van der Waals surface area contributed by atoms with E-state index in [0.29, 0.717) is 6.04 Å². The molecule has 1 fully saturated rings. The molecule has 2 rings (SSSR count). The van der Waals surface area contributed by atoms with E-state index < -0.39 is 0 Å². The summed E-state index contributed by atoms with van der Waals surface area (Å²) < 4.78 is 0.920. The summed E-state index contributed by atoms with van der Waals surface area (Å²) in [6.07, 6.45) is 0. The van der Waals surface area contributed by atoms with Gasteiger partial charge in [0.05, 0.1) is 6.04 Å². The maximum Gasteiger partial charge on any atom is 0.134 e. The van der Waals surface area contributed by atoms with Crippen molar-refractivity contribution in [3.63, 3.8) is 0 Å². The fraction of sp³-hybridized carbons (Fsp3) is 0.222. The summed E-state index contributed by atoms with van der Waals surface area (Å²) in [7, 11) is 0. The molecule has 1 nitrogen and oxygen atoms in total. The molecule has 1 aromatic carbocycles. The highest BCUT2D eigenvalue weighted by Gasteiger charge is 2.19. The Morgan fingerprint density at radius 3 is 2.67 bits per heavy atom. The highest BCUT2D eigenvalue weighted by molar-refractivity contribution is 8.23. The third-order valence-electron chi connectivity index (χ3n) is 1.88. The van der Waals surface area contributed by atoms with E-state index in [1.54, 1.807) is 11.8 Å². The van der Waals surface area contributed by atoms with Crippen LogP contribution in [-0.2, 0) is 0 Å². The quantitative estimate of drug-likeness (QED) is 0.691. The minimum absolute atomic E-state index is 0.420. The largest absolute Gasteiger partial charge is 0.363 e. The molecular weight excluding hydrogens is 186 g/mol. The second-order valence-corrected chi connectivity index (χ2v) is 4.40. The lowest BCUT2D eigenvalue weighted by molar-refractivity contribution is 0.757. The van der Waals surface area contributed by atoms with Gasteiger partial charge < -0.3 is 5.32 Å². The Kier molecular flexibility index (Phi) is 2.33. The SMILES string of the molecule is S=C1NC(c2ccccc2)CS1. The summed E-state index contributed by atoms with van der Waals surface area (Å²) in [5, 5.41) is 3.26. The smallest absolute Gasteiger partial charge is 0.134 e. The van der Waals surface area contributed by atoms with Gasteiger partial charge in [0.25, 0.3) is 0 Å². The molecule has 0 aliphatic carbocycles. The lowest BCUT2D eigenvalue weighted by Gasteiger charge is -2.08. The van der Waals surface area contributed by atoms with Crippen molar-refractivity contribution in [2.75, 3.05) is 5.75 Å². The van der Waals surface area contributed by atoms with Gasteiger partial charge in [0.2, 0.25) is 0 Å². The second kappa shape index (κ2) is 3.46. The molecule has 0 aromatic heterocycles. The topological polar surface area (TPSA) is 12.0 Å². The van der Waals surface area contributed by atoms with Gasteiger partial charge in [-0.05, 0) is 5.56 Å². The zero-order valence-corrected chi connectivity index (χ0v) is 8.12. The van der Waals surface area contributed by atoms with Crippen molar-refractivity contribution in [3.05, 3.63) is 35.9 Å². The first-order valence-corrected chi connectivity index (χ1v) is 5.24. The number of hydrogen-bond acceptors (Lipinski definition) is 2. The predicted molar refractivity (Wildman–Crippen MR) is 57.4 cm³/mol. The van der Waals surface area contributed by atoms with Crippen LogP contribution in [0.5, 0.6) is 0 Å². The Hall–Kier alpha value is -0.540. The number of hydrogen-bond donors (Lipinski definition) is 1. The zero-order valence-electron chi connectivity index (χ0n) is 6.49. The molecule has 0 amide bonds. The number of thiocarbonyl (C=S) groups is 1. The first-order valence-electron chi connectivity index (χ1n) is 3.84. The van der Waals surface area contributed by atoms with E-state index in [1.165, 1.54) is 5.56 Å². The number of thioether (sulfide) groups is 1. The van der Waals surface area contributed by atoms with Crippen LogP contribution in [0.3, 0.4) is 0 Å². The molecule has 1 unspecified atom stereocenters. The molecular formula is C9H9NS2. The maximum absolute atomic E-state index is 5.05. The van der Waals surface area contributed by atoms with Gasteiger partial charge >= 0.3 is 0 Å². The van der Waals surface area contributed by atoms with Crippen molar-refractivity contribution in [3.8, 4) is 0 Å². The lowest BCUT2D eigenvalue weighted by atomic mass is 10.1. The molecule has 1 aromatic rings. The van der Waals surface area contributed by atoms with Gasteiger partial charge in [0, 0.05) is 5.75 Å². The number of benzene rings is 1. The Morgan fingerprint density at radius 2 is 2.08 bits per heavy atom. The minimum Gasteiger partial charge on any atom is -0.363 e. The van der Waals surface area contributed by atoms with Crippen LogP contribution < -0.4 is 5.32 Å². The fourth-order valence-electron chi connectivity index (χ4n) is 1.25. The molecule has 0 radical (unpaired) electrons. The molecule has 1 aliphatic rings. The van der Waals surface area contributed by atoms with Crippen LogP contribution in [0.1, 0.15) is 11.6 Å². The highest BCUT2D eigenvalue weighted by atomic mass is 32.2. The molecule has 1 N–H and O–H groups in total. The van der Waals surface area contributed by atoms with E-state index in [9.17, 15) is 0 Å². The van der Waals surface area contributed by atoms with Crippen LogP contribution in [-0.4, -0.2) is 10.1 Å². The molecule has 1 aliphatic heterocycles. The minimum atomic E-state index is 0.420. The standard InChI is InChI=1S/C9H9NS2/c11-9-10-8(6-12-9)7-4-2-1-3-5-7/h1-5,8H,6H2,(H,10,11). The van der Waals surface area contributed by atoms with Crippen molar-refractivity contribution in [1.29, 1.82) is 0 Å². The summed E-state index contributed by atoms with van der Waals surface area (Å²) in [6, 6.07) is 10.8. The van der Waals surface area contributed by atoms with Crippen molar-refractivity contribution in [2.24, 2.45) is 0 Å². The Balaban J connectivity index is 2.16. The number of rotatable bonds is 1. The van der Waals surface area contributed by atoms with E-state index in [0.717, 1.165) is 10.1 Å². The van der Waals surface area contributed by atoms with Crippen LogP contribution in [0.4, 0.5) is 0 Å². The van der Waals surface area contributed by atoms with Crippen molar-refractivity contribution in [1.82, 2.24) is 5.32 Å². The van der Waals surface area contributed by atoms with E-state index in [2.05, 4.69) is 29.6 Å². The maximum atomic E-state index is 5.05. The monoisotopic (exact) mass is 195 g/mol. The third-order valence-corrected chi connectivity index (χ3v) is 3.23. The molecule has 1 atom stereocenters. The predicted octanol–water partition coefficient (Wildman–Crippen LogP) is 2.35. The Labute approximate surface area is 81.6 Å². The average molecular weight is 195 g/mol. The second-order valence-electron chi connectivity index (χ2n) is 2.71. The first kappa shape index (κ1) is 8.08. The molecule has 1 saturated heterocycles. The van der Waals surface area contributed by atoms with Crippen LogP contribution in [0.15, 0.2) is 30.3 Å². The van der Waals surface area contributed by atoms with Crippen LogP contribution in [0.2, 0.25) is 0 Å². The molecule has 3 heteroatoms. The molecule has 0 bridgehead atoms. The molecule has 0 saturated carbocycles. The van der Waals surface area contributed by atoms with Crippen molar-refractivity contribution >= 4 is 28.3 Å². The summed E-state index contributed by atoms with van der Waals surface area (Å²) in [4.78, 5) is 0. The van der Waals surface area contributed by atoms with E-state index in [4.69, 9.17) is 12.2 Å². The lowest BCUT2D eigenvalue weighted by Crippen LogP contribution is -2.17. The van der Waals surface area contributed by atoms with E-state index in [-0.39, 0.29) is 0 Å². The fourth-order valence-corrected chi connectivity index (χ4v) is 2.42. The number of nitrogens with one attached hydrogen (secondary N) is 1. The summed E-state index contributed by atoms with van der Waals surface area (Å²) in [5.41, 5.74) is 1.32. The first-order chi connectivity index (χ1) is 5.86. The van der Waals surface area contributed by atoms with Gasteiger partial charge in [-0.3, -0.25) is 0 Å². The van der Waals surface area contributed by atoms with E-state index in [1.807, 2.05) is 6.07 Å². The van der Waals surface area contributed by atoms with Gasteiger partial charge in [-0.25, -0.2) is 0 Å². The summed E-state index contributed by atoms with van der Waals surface area (Å²) in [5.74, 6) is 1.06. The van der Waals surface area contributed by atoms with Crippen LogP contribution >= 0.6 is 24.0 Å². The normalized spacial score (nSPS) is 22.3. The van der Waals surface area contributed by atoms with Gasteiger partial charge in [-0.2, -0.15) is 0 Å². The molecule has 62 valence electrons.